The van der Waals surface area contributed by atoms with E-state index in [4.69, 9.17) is 10.8 Å². The standard InChI is InChI=1S/C9H13N3O4/c1-3-5-6(10)7(13)12(9(16)11-5)4(2)8(14)15/h4H,3,10H2,1-2H3,(H,11,16)(H,14,15). The molecule has 0 saturated carbocycles. The number of carboxylic acids is 1. The molecule has 1 unspecified atom stereocenters. The molecule has 1 rings (SSSR count). The van der Waals surface area contributed by atoms with E-state index in [-0.39, 0.29) is 5.69 Å². The van der Waals surface area contributed by atoms with Gasteiger partial charge in [-0.3, -0.25) is 4.79 Å². The molecule has 1 aromatic rings. The minimum Gasteiger partial charge on any atom is -0.480 e. The summed E-state index contributed by atoms with van der Waals surface area (Å²) in [5.41, 5.74) is 4.19. The third-order valence-corrected chi connectivity index (χ3v) is 2.35. The van der Waals surface area contributed by atoms with E-state index in [0.29, 0.717) is 16.7 Å². The van der Waals surface area contributed by atoms with Gasteiger partial charge in [0.05, 0.1) is 0 Å². The predicted molar refractivity (Wildman–Crippen MR) is 57.5 cm³/mol. The van der Waals surface area contributed by atoms with Crippen molar-refractivity contribution in [2.75, 3.05) is 5.73 Å². The van der Waals surface area contributed by atoms with Crippen molar-refractivity contribution in [1.82, 2.24) is 9.55 Å². The van der Waals surface area contributed by atoms with E-state index in [2.05, 4.69) is 4.98 Å². The molecular formula is C9H13N3O4. The lowest BCUT2D eigenvalue weighted by Gasteiger charge is -2.11. The first-order chi connectivity index (χ1) is 7.40. The number of aromatic amines is 1. The van der Waals surface area contributed by atoms with E-state index in [0.717, 1.165) is 0 Å². The lowest BCUT2D eigenvalue weighted by molar-refractivity contribution is -0.140. The van der Waals surface area contributed by atoms with Crippen LogP contribution >= 0.6 is 0 Å². The van der Waals surface area contributed by atoms with Gasteiger partial charge in [0.2, 0.25) is 0 Å². The summed E-state index contributed by atoms with van der Waals surface area (Å²) in [5, 5.41) is 8.75. The summed E-state index contributed by atoms with van der Waals surface area (Å²) in [4.78, 5) is 36.3. The highest BCUT2D eigenvalue weighted by Crippen LogP contribution is 2.03. The third-order valence-electron chi connectivity index (χ3n) is 2.35. The Hall–Kier alpha value is -2.05. The number of H-pyrrole nitrogens is 1. The number of nitrogens with two attached hydrogens (primary N) is 1. The van der Waals surface area contributed by atoms with Gasteiger partial charge < -0.3 is 15.8 Å². The molecule has 7 heteroatoms. The first-order valence-corrected chi connectivity index (χ1v) is 4.76. The Bertz CT molecular complexity index is 529. The second-order valence-electron chi connectivity index (χ2n) is 3.37. The molecule has 0 aliphatic carbocycles. The normalized spacial score (nSPS) is 12.4. The lowest BCUT2D eigenvalue weighted by atomic mass is 10.2. The van der Waals surface area contributed by atoms with Gasteiger partial charge in [-0.15, -0.1) is 0 Å². The summed E-state index contributed by atoms with van der Waals surface area (Å²) < 4.78 is 0.594. The van der Waals surface area contributed by atoms with Crippen LogP contribution in [0.2, 0.25) is 0 Å². The largest absolute Gasteiger partial charge is 0.480 e. The van der Waals surface area contributed by atoms with Gasteiger partial charge in [-0.05, 0) is 13.3 Å². The van der Waals surface area contributed by atoms with Crippen LogP contribution in [0.4, 0.5) is 5.69 Å². The molecule has 16 heavy (non-hydrogen) atoms. The number of nitrogen functional groups attached to an aromatic ring is 1. The molecule has 7 nitrogen and oxygen atoms in total. The number of aromatic nitrogens is 2. The molecule has 0 fully saturated rings. The molecular weight excluding hydrogens is 214 g/mol. The highest BCUT2D eigenvalue weighted by Gasteiger charge is 2.20. The van der Waals surface area contributed by atoms with Crippen LogP contribution in [0.3, 0.4) is 0 Å². The lowest BCUT2D eigenvalue weighted by Crippen LogP contribution is -2.41. The first kappa shape index (κ1) is 12.0. The van der Waals surface area contributed by atoms with Crippen molar-refractivity contribution in [2.24, 2.45) is 0 Å². The van der Waals surface area contributed by atoms with Gasteiger partial charge >= 0.3 is 11.7 Å². The van der Waals surface area contributed by atoms with Crippen molar-refractivity contribution in [2.45, 2.75) is 26.3 Å². The van der Waals surface area contributed by atoms with Crippen LogP contribution in [0.5, 0.6) is 0 Å². The molecule has 88 valence electrons. The number of hydrogen-bond acceptors (Lipinski definition) is 4. The molecule has 4 N–H and O–H groups in total. The number of carboxylic acid groups (broad SMARTS) is 1. The SMILES string of the molecule is CCc1[nH]c(=O)n(C(C)C(=O)O)c(=O)c1N. The van der Waals surface area contributed by atoms with Crippen LogP contribution in [0.15, 0.2) is 9.59 Å². The average molecular weight is 227 g/mol. The van der Waals surface area contributed by atoms with Gasteiger partial charge in [0, 0.05) is 5.69 Å². The molecule has 0 aliphatic heterocycles. The van der Waals surface area contributed by atoms with E-state index >= 15 is 0 Å². The number of carbonyl (C=O) groups is 1. The molecule has 0 spiro atoms. The molecule has 0 aliphatic rings. The summed E-state index contributed by atoms with van der Waals surface area (Å²) in [5.74, 6) is -1.27. The van der Waals surface area contributed by atoms with E-state index in [1.165, 1.54) is 6.92 Å². The minimum absolute atomic E-state index is 0.116. The number of anilines is 1. The Balaban J connectivity index is 3.55. The van der Waals surface area contributed by atoms with Gasteiger partial charge in [0.25, 0.3) is 5.56 Å². The molecule has 0 aromatic carbocycles. The molecule has 0 bridgehead atoms. The van der Waals surface area contributed by atoms with Crippen LogP contribution in [0.25, 0.3) is 0 Å². The highest BCUT2D eigenvalue weighted by molar-refractivity contribution is 5.71. The molecule has 0 radical (unpaired) electrons. The van der Waals surface area contributed by atoms with E-state index in [1.807, 2.05) is 0 Å². The second-order valence-corrected chi connectivity index (χ2v) is 3.37. The quantitative estimate of drug-likeness (QED) is 0.632. The van der Waals surface area contributed by atoms with Crippen LogP contribution in [0, 0.1) is 0 Å². The average Bonchev–Trinajstić information content (AvgIpc) is 2.23. The van der Waals surface area contributed by atoms with Crippen molar-refractivity contribution < 1.29 is 9.90 Å². The van der Waals surface area contributed by atoms with Crippen molar-refractivity contribution in [3.63, 3.8) is 0 Å². The van der Waals surface area contributed by atoms with Crippen molar-refractivity contribution in [1.29, 1.82) is 0 Å². The van der Waals surface area contributed by atoms with Crippen LogP contribution in [0.1, 0.15) is 25.6 Å². The van der Waals surface area contributed by atoms with E-state index in [1.54, 1.807) is 6.92 Å². The molecule has 1 aromatic heterocycles. The highest BCUT2D eigenvalue weighted by atomic mass is 16.4. The van der Waals surface area contributed by atoms with Crippen molar-refractivity contribution in [3.8, 4) is 0 Å². The van der Waals surface area contributed by atoms with Crippen molar-refractivity contribution in [3.05, 3.63) is 26.5 Å². The fourth-order valence-electron chi connectivity index (χ4n) is 1.35. The van der Waals surface area contributed by atoms with E-state index < -0.39 is 23.3 Å². The maximum Gasteiger partial charge on any atom is 0.329 e. The van der Waals surface area contributed by atoms with Crippen LogP contribution < -0.4 is 17.0 Å². The maximum atomic E-state index is 11.7. The smallest absolute Gasteiger partial charge is 0.329 e. The summed E-state index contributed by atoms with van der Waals surface area (Å²) in [6, 6.07) is -1.25. The predicted octanol–water partition coefficient (Wildman–Crippen LogP) is -0.673. The molecule has 0 amide bonds. The van der Waals surface area contributed by atoms with Crippen LogP contribution in [-0.4, -0.2) is 20.6 Å². The zero-order valence-electron chi connectivity index (χ0n) is 8.98. The number of nitrogens with zero attached hydrogens (tertiary/aromatic N) is 1. The fraction of sp³-hybridized carbons (Fsp3) is 0.444. The summed E-state index contributed by atoms with van der Waals surface area (Å²) in [7, 11) is 0. The minimum atomic E-state index is -1.27. The van der Waals surface area contributed by atoms with Gasteiger partial charge in [0.15, 0.2) is 0 Å². The first-order valence-electron chi connectivity index (χ1n) is 4.76. The maximum absolute atomic E-state index is 11.7. The molecule has 1 atom stereocenters. The van der Waals surface area contributed by atoms with Crippen molar-refractivity contribution >= 4 is 11.7 Å². The van der Waals surface area contributed by atoms with Gasteiger partial charge in [0.1, 0.15) is 11.7 Å². The number of rotatable bonds is 3. The number of aryl methyl sites for hydroxylation is 1. The Morgan fingerprint density at radius 1 is 1.56 bits per heavy atom. The van der Waals surface area contributed by atoms with E-state index in [9.17, 15) is 14.4 Å². The van der Waals surface area contributed by atoms with Gasteiger partial charge in [-0.25, -0.2) is 14.2 Å². The monoisotopic (exact) mass is 227 g/mol. The molecule has 1 heterocycles. The zero-order valence-corrected chi connectivity index (χ0v) is 8.98. The zero-order chi connectivity index (χ0) is 12.5. The Kier molecular flexibility index (Phi) is 3.17. The molecule has 0 saturated heterocycles. The number of hydrogen-bond donors (Lipinski definition) is 3. The summed E-state index contributed by atoms with van der Waals surface area (Å²) >= 11 is 0. The number of nitrogens with one attached hydrogen (secondary N) is 1. The summed E-state index contributed by atoms with van der Waals surface area (Å²) in [6.07, 6.45) is 0.401. The van der Waals surface area contributed by atoms with Gasteiger partial charge in [-0.2, -0.15) is 0 Å². The Labute approximate surface area is 90.5 Å². The fourth-order valence-corrected chi connectivity index (χ4v) is 1.35. The van der Waals surface area contributed by atoms with Crippen LogP contribution in [-0.2, 0) is 11.2 Å². The summed E-state index contributed by atoms with van der Waals surface area (Å²) in [6.45, 7) is 2.97. The second kappa shape index (κ2) is 4.21. The third kappa shape index (κ3) is 1.83. The number of aliphatic carboxylic acids is 1. The Morgan fingerprint density at radius 2 is 2.12 bits per heavy atom. The topological polar surface area (TPSA) is 118 Å². The van der Waals surface area contributed by atoms with Gasteiger partial charge in [-0.1, -0.05) is 6.92 Å². The Morgan fingerprint density at radius 3 is 2.56 bits per heavy atom.